The second-order valence-electron chi connectivity index (χ2n) is 9.47. The Balaban J connectivity index is 1.38. The van der Waals surface area contributed by atoms with Gasteiger partial charge in [0.2, 0.25) is 0 Å². The number of hydrogen-bond acceptors (Lipinski definition) is 5. The molecule has 2 fully saturated rings. The van der Waals surface area contributed by atoms with Crippen LogP contribution in [-0.2, 0) is 20.4 Å². The number of benzene rings is 3. The first-order chi connectivity index (χ1) is 17.7. The van der Waals surface area contributed by atoms with Crippen LogP contribution in [0.2, 0.25) is 0 Å². The van der Waals surface area contributed by atoms with Gasteiger partial charge in [0, 0.05) is 32.6 Å². The molecule has 0 amide bonds. The van der Waals surface area contributed by atoms with Crippen molar-refractivity contribution < 1.29 is 18.9 Å². The van der Waals surface area contributed by atoms with E-state index in [1.165, 1.54) is 20.4 Å². The van der Waals surface area contributed by atoms with E-state index in [2.05, 4.69) is 91.8 Å². The molecule has 0 saturated carbocycles. The molecule has 36 heavy (non-hydrogen) atoms. The third-order valence-corrected chi connectivity index (χ3v) is 8.75. The molecule has 0 bridgehead atoms. The van der Waals surface area contributed by atoms with Crippen molar-refractivity contribution in [2.24, 2.45) is 0 Å². The van der Waals surface area contributed by atoms with Crippen molar-refractivity contribution in [3.8, 4) is 11.5 Å². The Morgan fingerprint density at radius 3 is 1.39 bits per heavy atom. The van der Waals surface area contributed by atoms with E-state index in [1.807, 2.05) is 0 Å². The van der Waals surface area contributed by atoms with Gasteiger partial charge in [-0.25, -0.2) is 0 Å². The lowest BCUT2D eigenvalue weighted by molar-refractivity contribution is -0.106. The summed E-state index contributed by atoms with van der Waals surface area (Å²) < 4.78 is 23.7. The van der Waals surface area contributed by atoms with E-state index in [-0.39, 0.29) is 23.5 Å². The summed E-state index contributed by atoms with van der Waals surface area (Å²) in [6.45, 7) is 1.56. The van der Waals surface area contributed by atoms with Gasteiger partial charge >= 0.3 is 0 Å². The highest BCUT2D eigenvalue weighted by Gasteiger charge is 2.29. The molecule has 190 valence electrons. The van der Waals surface area contributed by atoms with Crippen LogP contribution in [-0.4, -0.2) is 39.9 Å². The fourth-order valence-corrected chi connectivity index (χ4v) is 6.55. The predicted molar refractivity (Wildman–Crippen MR) is 144 cm³/mol. The van der Waals surface area contributed by atoms with E-state index in [0.717, 1.165) is 63.2 Å². The average molecular weight is 507 g/mol. The third kappa shape index (κ3) is 6.36. The molecule has 6 heteroatoms. The molecule has 2 aliphatic rings. The first-order valence-electron chi connectivity index (χ1n) is 12.9. The van der Waals surface area contributed by atoms with E-state index in [1.54, 1.807) is 0 Å². The normalized spacial score (nSPS) is 20.9. The molecular formula is C30H36NO4S+. The highest BCUT2D eigenvalue weighted by molar-refractivity contribution is 7.97. The van der Waals surface area contributed by atoms with Gasteiger partial charge in [-0.3, -0.25) is 0 Å². The zero-order valence-electron chi connectivity index (χ0n) is 21.2. The van der Waals surface area contributed by atoms with Crippen LogP contribution in [0, 0.1) is 0 Å². The van der Waals surface area contributed by atoms with Gasteiger partial charge in [-0.05, 0) is 98.5 Å². The van der Waals surface area contributed by atoms with E-state index in [0.29, 0.717) is 0 Å². The van der Waals surface area contributed by atoms with E-state index in [9.17, 15) is 0 Å². The lowest BCUT2D eigenvalue weighted by Crippen LogP contribution is -2.25. The summed E-state index contributed by atoms with van der Waals surface area (Å²) >= 11 is 0. The molecule has 0 N–H and O–H groups in total. The van der Waals surface area contributed by atoms with Crippen molar-refractivity contribution in [2.45, 2.75) is 65.8 Å². The van der Waals surface area contributed by atoms with Gasteiger partial charge in [-0.1, -0.05) is 0 Å². The SMILES string of the molecule is CN(C)c1ccc([S+](c2ccc(OC3CCCCO3)cc2)c2ccc(OC3CCCCO3)cc2)cc1. The highest BCUT2D eigenvalue weighted by atomic mass is 32.2. The highest BCUT2D eigenvalue weighted by Crippen LogP contribution is 2.34. The Hall–Kier alpha value is -2.67. The first-order valence-corrected chi connectivity index (χ1v) is 14.2. The molecule has 3 aromatic carbocycles. The lowest BCUT2D eigenvalue weighted by atomic mass is 10.2. The van der Waals surface area contributed by atoms with E-state index >= 15 is 0 Å². The van der Waals surface area contributed by atoms with Crippen LogP contribution in [0.15, 0.2) is 87.5 Å². The van der Waals surface area contributed by atoms with E-state index in [4.69, 9.17) is 18.9 Å². The second kappa shape index (κ2) is 12.0. The van der Waals surface area contributed by atoms with Gasteiger partial charge in [-0.15, -0.1) is 0 Å². The molecule has 0 aliphatic carbocycles. The Bertz CT molecular complexity index is 1010. The van der Waals surface area contributed by atoms with Crippen molar-refractivity contribution in [1.29, 1.82) is 0 Å². The van der Waals surface area contributed by atoms with Crippen LogP contribution in [0.3, 0.4) is 0 Å². The van der Waals surface area contributed by atoms with Crippen LogP contribution < -0.4 is 14.4 Å². The molecule has 5 rings (SSSR count). The maximum absolute atomic E-state index is 6.08. The molecule has 2 saturated heterocycles. The zero-order chi connectivity index (χ0) is 24.7. The second-order valence-corrected chi connectivity index (χ2v) is 11.5. The minimum absolute atomic E-state index is 0.137. The molecule has 0 spiro atoms. The summed E-state index contributed by atoms with van der Waals surface area (Å²) in [6.07, 6.45) is 6.17. The molecular weight excluding hydrogens is 470 g/mol. The maximum atomic E-state index is 6.08. The van der Waals surface area contributed by atoms with Gasteiger partial charge in [0.15, 0.2) is 27.3 Å². The van der Waals surface area contributed by atoms with Crippen LogP contribution in [0.25, 0.3) is 0 Å². The number of rotatable bonds is 8. The number of anilines is 1. The average Bonchev–Trinajstić information content (AvgIpc) is 2.92. The Kier molecular flexibility index (Phi) is 8.36. The monoisotopic (exact) mass is 506 g/mol. The first kappa shape index (κ1) is 25.0. The molecule has 0 aromatic heterocycles. The van der Waals surface area contributed by atoms with Crippen LogP contribution >= 0.6 is 0 Å². The number of hydrogen-bond donors (Lipinski definition) is 0. The largest absolute Gasteiger partial charge is 0.465 e. The van der Waals surface area contributed by atoms with Crippen LogP contribution in [0.1, 0.15) is 38.5 Å². The van der Waals surface area contributed by atoms with E-state index < -0.39 is 0 Å². The summed E-state index contributed by atoms with van der Waals surface area (Å²) in [5.74, 6) is 1.71. The van der Waals surface area contributed by atoms with Gasteiger partial charge in [0.25, 0.3) is 0 Å². The van der Waals surface area contributed by atoms with Crippen LogP contribution in [0.5, 0.6) is 11.5 Å². The van der Waals surface area contributed by atoms with Crippen molar-refractivity contribution >= 4 is 16.6 Å². The Morgan fingerprint density at radius 2 is 1.03 bits per heavy atom. The minimum Gasteiger partial charge on any atom is -0.465 e. The molecule has 5 nitrogen and oxygen atoms in total. The minimum atomic E-state index is -0.258. The van der Waals surface area contributed by atoms with Crippen molar-refractivity contribution in [2.75, 3.05) is 32.2 Å². The number of ether oxygens (including phenoxy) is 4. The third-order valence-electron chi connectivity index (χ3n) is 6.52. The van der Waals surface area contributed by atoms with Gasteiger partial charge < -0.3 is 23.8 Å². The summed E-state index contributed by atoms with van der Waals surface area (Å²) in [5, 5.41) is 0. The summed E-state index contributed by atoms with van der Waals surface area (Å²) in [6, 6.07) is 25.8. The Morgan fingerprint density at radius 1 is 0.611 bits per heavy atom. The smallest absolute Gasteiger partial charge is 0.199 e. The van der Waals surface area contributed by atoms with Crippen molar-refractivity contribution in [3.05, 3.63) is 72.8 Å². The topological polar surface area (TPSA) is 40.2 Å². The lowest BCUT2D eigenvalue weighted by Gasteiger charge is -2.23. The molecule has 2 heterocycles. The fourth-order valence-electron chi connectivity index (χ4n) is 4.51. The predicted octanol–water partition coefficient (Wildman–Crippen LogP) is 6.66. The fraction of sp³-hybridized carbons (Fsp3) is 0.400. The summed E-state index contributed by atoms with van der Waals surface area (Å²) in [5.41, 5.74) is 1.19. The molecule has 3 aromatic rings. The van der Waals surface area contributed by atoms with Crippen molar-refractivity contribution in [3.63, 3.8) is 0 Å². The summed E-state index contributed by atoms with van der Waals surface area (Å²) in [4.78, 5) is 5.89. The van der Waals surface area contributed by atoms with Gasteiger partial charge in [0.1, 0.15) is 11.5 Å². The zero-order valence-corrected chi connectivity index (χ0v) is 22.0. The van der Waals surface area contributed by atoms with Gasteiger partial charge in [-0.2, -0.15) is 0 Å². The molecule has 2 aliphatic heterocycles. The quantitative estimate of drug-likeness (QED) is 0.320. The van der Waals surface area contributed by atoms with Crippen LogP contribution in [0.4, 0.5) is 5.69 Å². The maximum Gasteiger partial charge on any atom is 0.199 e. The molecule has 2 unspecified atom stereocenters. The standard InChI is InChI=1S/C30H36NO4S/c1-31(2)23-9-15-26(16-10-23)36(27-17-11-24(12-18-27)34-29-7-3-5-21-32-29)28-19-13-25(14-20-28)35-30-8-4-6-22-33-30/h9-20,29-30H,3-8,21-22H2,1-2H3/q+1. The molecule has 0 radical (unpaired) electrons. The summed E-state index contributed by atoms with van der Waals surface area (Å²) in [7, 11) is 3.88. The number of nitrogens with zero attached hydrogens (tertiary/aromatic N) is 1. The van der Waals surface area contributed by atoms with Gasteiger partial charge in [0.05, 0.1) is 24.1 Å². The Labute approximate surface area is 217 Å². The molecule has 2 atom stereocenters. The van der Waals surface area contributed by atoms with Crippen molar-refractivity contribution in [1.82, 2.24) is 0 Å².